The van der Waals surface area contributed by atoms with Crippen molar-refractivity contribution in [2.45, 2.75) is 18.1 Å². The molecule has 0 heterocycles. The van der Waals surface area contributed by atoms with E-state index in [1.807, 2.05) is 6.07 Å². The average molecular weight is 300 g/mol. The summed E-state index contributed by atoms with van der Waals surface area (Å²) >= 11 is 5.90. The van der Waals surface area contributed by atoms with Gasteiger partial charge in [-0.25, -0.2) is 8.42 Å². The van der Waals surface area contributed by atoms with Crippen LogP contribution in [0.3, 0.4) is 0 Å². The molecule has 0 aromatic heterocycles. The van der Waals surface area contributed by atoms with E-state index in [2.05, 4.69) is 0 Å². The second-order valence-electron chi connectivity index (χ2n) is 4.72. The maximum Gasteiger partial charge on any atom is 0.155 e. The highest BCUT2D eigenvalue weighted by Crippen LogP contribution is 2.62. The first kappa shape index (κ1) is 14.3. The third kappa shape index (κ3) is 2.14. The Morgan fingerprint density at radius 1 is 1.53 bits per heavy atom. The van der Waals surface area contributed by atoms with Crippen LogP contribution in [0.15, 0.2) is 24.3 Å². The molecule has 1 aliphatic carbocycles. The summed E-state index contributed by atoms with van der Waals surface area (Å²) in [4.78, 5) is 0. The Labute approximate surface area is 117 Å². The molecule has 0 spiro atoms. The molecule has 1 aromatic rings. The van der Waals surface area contributed by atoms with Crippen molar-refractivity contribution in [3.05, 3.63) is 34.9 Å². The molecule has 3 atom stereocenters. The van der Waals surface area contributed by atoms with Crippen LogP contribution >= 0.6 is 11.6 Å². The van der Waals surface area contributed by atoms with E-state index in [4.69, 9.17) is 11.6 Å². The van der Waals surface area contributed by atoms with Crippen LogP contribution < -0.4 is 0 Å². The predicted molar refractivity (Wildman–Crippen MR) is 72.6 cm³/mol. The maximum atomic E-state index is 12.1. The SMILES string of the molecule is CCS(=O)(=O)[C@@H]1[C@H](c2cccc(Cl)c2)[C@]1(C#N)CO. The van der Waals surface area contributed by atoms with Gasteiger partial charge in [-0.05, 0) is 17.7 Å². The Balaban J connectivity index is 2.49. The zero-order chi connectivity index (χ0) is 14.3. The second kappa shape index (κ2) is 4.78. The Morgan fingerprint density at radius 3 is 2.68 bits per heavy atom. The van der Waals surface area contributed by atoms with Crippen LogP contribution in [-0.4, -0.2) is 31.1 Å². The minimum Gasteiger partial charge on any atom is -0.395 e. The molecule has 4 nitrogen and oxygen atoms in total. The predicted octanol–water partition coefficient (Wildman–Crippen LogP) is 1.74. The van der Waals surface area contributed by atoms with Gasteiger partial charge in [0.15, 0.2) is 9.84 Å². The van der Waals surface area contributed by atoms with Crippen LogP contribution in [0.4, 0.5) is 0 Å². The highest BCUT2D eigenvalue weighted by molar-refractivity contribution is 7.92. The molecule has 19 heavy (non-hydrogen) atoms. The fourth-order valence-corrected chi connectivity index (χ4v) is 4.85. The van der Waals surface area contributed by atoms with E-state index >= 15 is 0 Å². The molecular formula is C13H14ClNO3S. The van der Waals surface area contributed by atoms with Crippen LogP contribution in [0.1, 0.15) is 18.4 Å². The Hall–Kier alpha value is -1.09. The summed E-state index contributed by atoms with van der Waals surface area (Å²) in [6.07, 6.45) is 0. The average Bonchev–Trinajstić information content (AvgIpc) is 3.09. The van der Waals surface area contributed by atoms with Crippen molar-refractivity contribution in [1.29, 1.82) is 5.26 Å². The standard InChI is InChI=1S/C13H14ClNO3S/c1-2-19(17,18)12-11(13(12,7-15)8-16)9-4-3-5-10(14)6-9/h3-6,11-12,16H,2,8H2,1H3/t11-,12+,13-/m0/s1. The van der Waals surface area contributed by atoms with Gasteiger partial charge in [-0.15, -0.1) is 0 Å². The van der Waals surface area contributed by atoms with Gasteiger partial charge < -0.3 is 5.11 Å². The quantitative estimate of drug-likeness (QED) is 0.918. The molecule has 0 unspecified atom stereocenters. The van der Waals surface area contributed by atoms with Crippen LogP contribution in [0, 0.1) is 16.7 Å². The van der Waals surface area contributed by atoms with E-state index in [0.29, 0.717) is 10.6 Å². The number of aliphatic hydroxyl groups is 1. The summed E-state index contributed by atoms with van der Waals surface area (Å²) in [5.41, 5.74) is -0.551. The summed E-state index contributed by atoms with van der Waals surface area (Å²) in [6, 6.07) is 8.78. The Kier molecular flexibility index (Phi) is 3.61. The molecule has 1 N–H and O–H groups in total. The monoisotopic (exact) mass is 299 g/mol. The zero-order valence-electron chi connectivity index (χ0n) is 10.4. The highest BCUT2D eigenvalue weighted by Gasteiger charge is 2.71. The molecule has 0 amide bonds. The van der Waals surface area contributed by atoms with Crippen LogP contribution in [0.5, 0.6) is 0 Å². The minimum absolute atomic E-state index is 0.0435. The summed E-state index contributed by atoms with van der Waals surface area (Å²) in [5, 5.41) is 18.4. The number of nitriles is 1. The first-order valence-corrected chi connectivity index (χ1v) is 8.01. The number of sulfone groups is 1. The van der Waals surface area contributed by atoms with Gasteiger partial charge in [-0.3, -0.25) is 0 Å². The smallest absolute Gasteiger partial charge is 0.155 e. The van der Waals surface area contributed by atoms with Crippen LogP contribution in [0.25, 0.3) is 0 Å². The third-order valence-corrected chi connectivity index (χ3v) is 6.23. The highest BCUT2D eigenvalue weighted by atomic mass is 35.5. The minimum atomic E-state index is -3.39. The lowest BCUT2D eigenvalue weighted by molar-refractivity contribution is 0.242. The Bertz CT molecular complexity index is 638. The van der Waals surface area contributed by atoms with Crippen molar-refractivity contribution in [3.8, 4) is 6.07 Å². The lowest BCUT2D eigenvalue weighted by Crippen LogP contribution is -2.19. The van der Waals surface area contributed by atoms with Crippen molar-refractivity contribution < 1.29 is 13.5 Å². The molecule has 1 saturated carbocycles. The zero-order valence-corrected chi connectivity index (χ0v) is 11.9. The van der Waals surface area contributed by atoms with Gasteiger partial charge in [0, 0.05) is 16.7 Å². The number of hydrogen-bond acceptors (Lipinski definition) is 4. The number of halogens is 1. The van der Waals surface area contributed by atoms with Gasteiger partial charge in [0.2, 0.25) is 0 Å². The van der Waals surface area contributed by atoms with Crippen LogP contribution in [0.2, 0.25) is 5.02 Å². The molecule has 0 aliphatic heterocycles. The van der Waals surface area contributed by atoms with E-state index in [1.54, 1.807) is 31.2 Å². The topological polar surface area (TPSA) is 78.2 Å². The molecule has 0 radical (unpaired) electrons. The molecule has 102 valence electrons. The number of nitrogens with zero attached hydrogens (tertiary/aromatic N) is 1. The third-order valence-electron chi connectivity index (χ3n) is 3.72. The lowest BCUT2D eigenvalue weighted by Gasteiger charge is -2.03. The molecular weight excluding hydrogens is 286 g/mol. The van der Waals surface area contributed by atoms with Gasteiger partial charge in [0.05, 0.1) is 17.9 Å². The molecule has 0 bridgehead atoms. The number of hydrogen-bond donors (Lipinski definition) is 1. The largest absolute Gasteiger partial charge is 0.395 e. The van der Waals surface area contributed by atoms with Crippen molar-refractivity contribution in [1.82, 2.24) is 0 Å². The molecule has 1 aromatic carbocycles. The summed E-state index contributed by atoms with van der Waals surface area (Å²) in [6.45, 7) is 1.08. The molecule has 1 fully saturated rings. The fourth-order valence-electron chi connectivity index (χ4n) is 2.64. The summed E-state index contributed by atoms with van der Waals surface area (Å²) in [7, 11) is -3.39. The van der Waals surface area contributed by atoms with Crippen molar-refractivity contribution in [2.24, 2.45) is 5.41 Å². The summed E-state index contributed by atoms with van der Waals surface area (Å²) in [5.74, 6) is -0.552. The van der Waals surface area contributed by atoms with Gasteiger partial charge in [-0.1, -0.05) is 30.7 Å². The van der Waals surface area contributed by atoms with Crippen molar-refractivity contribution in [3.63, 3.8) is 0 Å². The maximum absolute atomic E-state index is 12.1. The van der Waals surface area contributed by atoms with Crippen LogP contribution in [-0.2, 0) is 9.84 Å². The van der Waals surface area contributed by atoms with E-state index < -0.39 is 33.0 Å². The number of benzene rings is 1. The van der Waals surface area contributed by atoms with Gasteiger partial charge in [0.25, 0.3) is 0 Å². The van der Waals surface area contributed by atoms with E-state index in [-0.39, 0.29) is 5.75 Å². The lowest BCUT2D eigenvalue weighted by atomic mass is 10.0. The van der Waals surface area contributed by atoms with E-state index in [1.165, 1.54) is 0 Å². The summed E-state index contributed by atoms with van der Waals surface area (Å²) < 4.78 is 24.1. The van der Waals surface area contributed by atoms with Crippen molar-refractivity contribution in [2.75, 3.05) is 12.4 Å². The van der Waals surface area contributed by atoms with Gasteiger partial charge >= 0.3 is 0 Å². The Morgan fingerprint density at radius 2 is 2.21 bits per heavy atom. The normalized spacial score (nSPS) is 29.8. The van der Waals surface area contributed by atoms with E-state index in [9.17, 15) is 18.8 Å². The fraction of sp³-hybridized carbons (Fsp3) is 0.462. The molecule has 2 rings (SSSR count). The van der Waals surface area contributed by atoms with E-state index in [0.717, 1.165) is 0 Å². The second-order valence-corrected chi connectivity index (χ2v) is 7.56. The number of rotatable bonds is 4. The first-order valence-electron chi connectivity index (χ1n) is 5.92. The molecule has 1 aliphatic rings. The molecule has 6 heteroatoms. The van der Waals surface area contributed by atoms with Gasteiger partial charge in [-0.2, -0.15) is 5.26 Å². The first-order chi connectivity index (χ1) is 8.93. The van der Waals surface area contributed by atoms with Crippen molar-refractivity contribution >= 4 is 21.4 Å². The number of aliphatic hydroxyl groups excluding tert-OH is 1. The van der Waals surface area contributed by atoms with Gasteiger partial charge in [0.1, 0.15) is 5.41 Å². The molecule has 0 saturated heterocycles.